The summed E-state index contributed by atoms with van der Waals surface area (Å²) in [6, 6.07) is 3.44. The molecule has 0 spiro atoms. The van der Waals surface area contributed by atoms with Gasteiger partial charge in [-0.1, -0.05) is 31.0 Å². The van der Waals surface area contributed by atoms with E-state index >= 15 is 0 Å². The van der Waals surface area contributed by atoms with Crippen LogP contribution in [-0.2, 0) is 24.3 Å². The van der Waals surface area contributed by atoms with Gasteiger partial charge in [-0.05, 0) is 25.0 Å². The maximum atomic E-state index is 11.6. The van der Waals surface area contributed by atoms with Gasteiger partial charge in [0, 0.05) is 18.2 Å². The van der Waals surface area contributed by atoms with Gasteiger partial charge in [0.1, 0.15) is 11.8 Å². The molecule has 1 fully saturated rings. The number of rotatable bonds is 5. The molecule has 3 heterocycles. The lowest BCUT2D eigenvalue weighted by atomic mass is 10.0. The maximum absolute atomic E-state index is 11.6. The number of H-pyrrole nitrogens is 1. The minimum atomic E-state index is -0.808. The van der Waals surface area contributed by atoms with Crippen molar-refractivity contribution in [3.05, 3.63) is 35.6 Å². The first-order valence-electron chi connectivity index (χ1n) is 8.92. The molecule has 0 aromatic carbocycles. The molecule has 1 atom stereocenters. The summed E-state index contributed by atoms with van der Waals surface area (Å²) >= 11 is 1.83. The summed E-state index contributed by atoms with van der Waals surface area (Å²) in [7, 11) is 0. The molecule has 0 bridgehead atoms. The van der Waals surface area contributed by atoms with E-state index in [1.54, 1.807) is 6.33 Å². The number of carboxylic acids is 1. The average molecular weight is 361 g/mol. The number of furan rings is 1. The first-order valence-corrected chi connectivity index (χ1v) is 9.80. The molecule has 1 saturated carbocycles. The Hall–Kier alpha value is -1.73. The highest BCUT2D eigenvalue weighted by Crippen LogP contribution is 2.35. The highest BCUT2D eigenvalue weighted by Gasteiger charge is 2.33. The molecule has 1 aliphatic carbocycles. The van der Waals surface area contributed by atoms with Crippen molar-refractivity contribution in [2.45, 2.75) is 68.0 Å². The van der Waals surface area contributed by atoms with Crippen LogP contribution in [-0.4, -0.2) is 37.2 Å². The fourth-order valence-corrected chi connectivity index (χ4v) is 4.95. The third-order valence-corrected chi connectivity index (χ3v) is 6.37. The Bertz CT molecular complexity index is 736. The Labute approximate surface area is 151 Å². The van der Waals surface area contributed by atoms with Crippen molar-refractivity contribution in [3.8, 4) is 0 Å². The van der Waals surface area contributed by atoms with Crippen LogP contribution in [0.3, 0.4) is 0 Å². The number of nitrogens with zero attached hydrogens (tertiary/aromatic N) is 2. The second-order valence-electron chi connectivity index (χ2n) is 6.89. The first kappa shape index (κ1) is 16.7. The largest absolute Gasteiger partial charge is 0.480 e. The van der Waals surface area contributed by atoms with E-state index in [1.165, 1.54) is 32.1 Å². The van der Waals surface area contributed by atoms with Crippen molar-refractivity contribution in [1.29, 1.82) is 0 Å². The van der Waals surface area contributed by atoms with E-state index in [0.717, 1.165) is 22.2 Å². The number of carbonyl (C=O) groups is 1. The molecule has 7 heteroatoms. The van der Waals surface area contributed by atoms with Crippen LogP contribution in [0.25, 0.3) is 0 Å². The predicted octanol–water partition coefficient (Wildman–Crippen LogP) is 3.44. The summed E-state index contributed by atoms with van der Waals surface area (Å²) in [6.07, 6.45) is 8.56. The maximum Gasteiger partial charge on any atom is 0.321 e. The van der Waals surface area contributed by atoms with Gasteiger partial charge in [-0.3, -0.25) is 9.69 Å². The molecule has 1 unspecified atom stereocenters. The van der Waals surface area contributed by atoms with Crippen LogP contribution in [0.5, 0.6) is 0 Å². The molecule has 4 rings (SSSR count). The molecule has 2 N–H and O–H groups in total. The molecule has 1 aliphatic heterocycles. The number of carboxylic acid groups (broad SMARTS) is 1. The van der Waals surface area contributed by atoms with Crippen LogP contribution in [0.4, 0.5) is 0 Å². The van der Waals surface area contributed by atoms with E-state index in [9.17, 15) is 9.90 Å². The zero-order valence-corrected chi connectivity index (χ0v) is 14.9. The van der Waals surface area contributed by atoms with E-state index in [2.05, 4.69) is 9.97 Å². The van der Waals surface area contributed by atoms with Gasteiger partial charge in [-0.15, -0.1) is 0 Å². The van der Waals surface area contributed by atoms with E-state index in [1.807, 2.05) is 28.8 Å². The van der Waals surface area contributed by atoms with Crippen LogP contribution in [0.1, 0.15) is 49.3 Å². The fraction of sp³-hybridized carbons (Fsp3) is 0.556. The molecule has 6 nitrogen and oxygen atoms in total. The van der Waals surface area contributed by atoms with E-state index in [0.29, 0.717) is 24.8 Å². The lowest BCUT2D eigenvalue weighted by Crippen LogP contribution is -2.45. The van der Waals surface area contributed by atoms with Crippen molar-refractivity contribution >= 4 is 17.7 Å². The van der Waals surface area contributed by atoms with Crippen molar-refractivity contribution in [2.75, 3.05) is 0 Å². The lowest BCUT2D eigenvalue weighted by Gasteiger charge is -2.31. The summed E-state index contributed by atoms with van der Waals surface area (Å²) in [4.78, 5) is 20.9. The molecular formula is C18H23N3O3S. The van der Waals surface area contributed by atoms with Crippen molar-refractivity contribution < 1.29 is 14.3 Å². The van der Waals surface area contributed by atoms with Crippen LogP contribution >= 0.6 is 11.8 Å². The smallest absolute Gasteiger partial charge is 0.321 e. The monoisotopic (exact) mass is 361 g/mol. The number of imidazole rings is 1. The number of aliphatic carboxylic acids is 1. The zero-order valence-electron chi connectivity index (χ0n) is 14.1. The van der Waals surface area contributed by atoms with E-state index in [4.69, 9.17) is 4.42 Å². The summed E-state index contributed by atoms with van der Waals surface area (Å²) in [5, 5.41) is 11.2. The van der Waals surface area contributed by atoms with Gasteiger partial charge in [0.05, 0.1) is 24.3 Å². The van der Waals surface area contributed by atoms with Gasteiger partial charge in [-0.2, -0.15) is 0 Å². The Balaban J connectivity index is 1.43. The summed E-state index contributed by atoms with van der Waals surface area (Å²) in [5.41, 5.74) is 1.86. The molecular weight excluding hydrogens is 338 g/mol. The Morgan fingerprint density at radius 2 is 2.20 bits per heavy atom. The number of thioether (sulfide) groups is 1. The van der Waals surface area contributed by atoms with Gasteiger partial charge < -0.3 is 14.5 Å². The second kappa shape index (κ2) is 7.25. The normalized spacial score (nSPS) is 22.0. The molecule has 134 valence electrons. The summed E-state index contributed by atoms with van der Waals surface area (Å²) in [5.74, 6) is 0.0181. The van der Waals surface area contributed by atoms with E-state index in [-0.39, 0.29) is 0 Å². The third kappa shape index (κ3) is 3.77. The molecule has 2 aromatic heterocycles. The quantitative estimate of drug-likeness (QED) is 0.849. The molecule has 0 amide bonds. The molecule has 25 heavy (non-hydrogen) atoms. The summed E-state index contributed by atoms with van der Waals surface area (Å²) in [6.45, 7) is 1.05. The summed E-state index contributed by atoms with van der Waals surface area (Å²) < 4.78 is 5.99. The first-order chi connectivity index (χ1) is 12.2. The standard InChI is InChI=1S/C18H23N3O3S/c22-18(23)16-8-14-15(20-11-19-14)10-21(16)9-12-6-7-17(24-12)25-13-4-2-1-3-5-13/h6-7,11,13,16H,1-5,8-10H2,(H,19,20)(H,22,23). The highest BCUT2D eigenvalue weighted by molar-refractivity contribution is 7.99. The predicted molar refractivity (Wildman–Crippen MR) is 94.4 cm³/mol. The Morgan fingerprint density at radius 3 is 3.00 bits per heavy atom. The van der Waals surface area contributed by atoms with Gasteiger partial charge in [0.15, 0.2) is 5.09 Å². The van der Waals surface area contributed by atoms with Crippen LogP contribution in [0, 0.1) is 0 Å². The number of hydrogen-bond donors (Lipinski definition) is 2. The topological polar surface area (TPSA) is 82.4 Å². The van der Waals surface area contributed by atoms with Gasteiger partial charge in [0.2, 0.25) is 0 Å². The molecule has 2 aromatic rings. The molecule has 0 saturated heterocycles. The minimum Gasteiger partial charge on any atom is -0.480 e. The van der Waals surface area contributed by atoms with Crippen LogP contribution in [0.2, 0.25) is 0 Å². The lowest BCUT2D eigenvalue weighted by molar-refractivity contribution is -0.144. The number of nitrogens with one attached hydrogen (secondary N) is 1. The van der Waals surface area contributed by atoms with Gasteiger partial charge in [-0.25, -0.2) is 4.98 Å². The number of aromatic amines is 1. The third-order valence-electron chi connectivity index (χ3n) is 5.11. The van der Waals surface area contributed by atoms with Crippen LogP contribution in [0.15, 0.2) is 28.0 Å². The van der Waals surface area contributed by atoms with Crippen molar-refractivity contribution in [1.82, 2.24) is 14.9 Å². The Kier molecular flexibility index (Phi) is 4.85. The van der Waals surface area contributed by atoms with Crippen molar-refractivity contribution in [3.63, 3.8) is 0 Å². The average Bonchev–Trinajstić information content (AvgIpc) is 3.24. The van der Waals surface area contributed by atoms with Crippen LogP contribution < -0.4 is 0 Å². The highest BCUT2D eigenvalue weighted by atomic mass is 32.2. The Morgan fingerprint density at radius 1 is 1.36 bits per heavy atom. The second-order valence-corrected chi connectivity index (χ2v) is 8.19. The molecule has 0 radical (unpaired) electrons. The molecule has 2 aliphatic rings. The number of hydrogen-bond acceptors (Lipinski definition) is 5. The van der Waals surface area contributed by atoms with Gasteiger partial charge >= 0.3 is 5.97 Å². The minimum absolute atomic E-state index is 0.429. The fourth-order valence-electron chi connectivity index (χ4n) is 3.75. The number of fused-ring (bicyclic) bond motifs is 1. The zero-order chi connectivity index (χ0) is 17.2. The number of aromatic nitrogens is 2. The van der Waals surface area contributed by atoms with E-state index < -0.39 is 12.0 Å². The van der Waals surface area contributed by atoms with Gasteiger partial charge in [0.25, 0.3) is 0 Å². The van der Waals surface area contributed by atoms with Crippen molar-refractivity contribution in [2.24, 2.45) is 0 Å². The SMILES string of the molecule is O=C(O)C1Cc2nc[nH]c2CN1Cc1ccc(SC2CCCCC2)o1.